The van der Waals surface area contributed by atoms with Crippen LogP contribution in [0.5, 0.6) is 5.75 Å². The van der Waals surface area contributed by atoms with Crippen molar-refractivity contribution in [2.75, 3.05) is 4.72 Å². The summed E-state index contributed by atoms with van der Waals surface area (Å²) in [5.74, 6) is 0.0186. The first-order chi connectivity index (χ1) is 10.5. The van der Waals surface area contributed by atoms with E-state index in [-0.39, 0.29) is 4.91 Å². The molecule has 3 rings (SSSR count). The number of hydrogen-bond donors (Lipinski definition) is 1. The van der Waals surface area contributed by atoms with Crippen LogP contribution in [0.25, 0.3) is 11.0 Å². The van der Waals surface area contributed by atoms with Crippen molar-refractivity contribution < 1.29 is 17.9 Å². The zero-order valence-electron chi connectivity index (χ0n) is 11.7. The lowest BCUT2D eigenvalue weighted by Crippen LogP contribution is -2.05. The number of rotatable bonds is 2. The van der Waals surface area contributed by atoms with Crippen LogP contribution in [-0.2, 0) is 14.8 Å². The molecule has 0 atom stereocenters. The summed E-state index contributed by atoms with van der Waals surface area (Å²) in [6.45, 7) is 1.32. The molecule has 1 heterocycles. The van der Waals surface area contributed by atoms with Gasteiger partial charge in [-0.2, -0.15) is 0 Å². The molecule has 0 aliphatic carbocycles. The van der Waals surface area contributed by atoms with Gasteiger partial charge in [0.15, 0.2) is 0 Å². The topological polar surface area (TPSA) is 72.5 Å². The molecule has 2 aromatic rings. The average Bonchev–Trinajstić information content (AvgIpc) is 2.71. The van der Waals surface area contributed by atoms with Gasteiger partial charge in [0.2, 0.25) is 0 Å². The number of benzene rings is 2. The van der Waals surface area contributed by atoms with Gasteiger partial charge in [0.25, 0.3) is 10.0 Å². The Kier molecular flexibility index (Phi) is 3.46. The maximum absolute atomic E-state index is 12.2. The molecule has 1 aliphatic rings. The number of carbonyl (C=O) groups is 1. The Hall–Kier alpha value is -2.60. The van der Waals surface area contributed by atoms with E-state index < -0.39 is 16.0 Å². The third-order valence-corrected chi connectivity index (χ3v) is 4.57. The minimum atomic E-state index is -3.55. The van der Waals surface area contributed by atoms with Gasteiger partial charge in [-0.3, -0.25) is 9.52 Å². The van der Waals surface area contributed by atoms with Gasteiger partial charge in [-0.05, 0) is 29.8 Å². The minimum Gasteiger partial charge on any atom is -0.427 e. The molecule has 0 saturated heterocycles. The monoisotopic (exact) mass is 315 g/mol. The van der Waals surface area contributed by atoms with Crippen molar-refractivity contribution in [3.63, 3.8) is 0 Å². The number of sulfonamides is 1. The van der Waals surface area contributed by atoms with E-state index in [4.69, 9.17) is 4.74 Å². The lowest BCUT2D eigenvalue weighted by atomic mass is 10.1. The Morgan fingerprint density at radius 2 is 1.77 bits per heavy atom. The Bertz CT molecular complexity index is 867. The second kappa shape index (κ2) is 5.31. The first-order valence-electron chi connectivity index (χ1n) is 6.58. The molecule has 0 radical (unpaired) electrons. The van der Waals surface area contributed by atoms with Gasteiger partial charge < -0.3 is 4.74 Å². The number of fused-ring (bicyclic) bond motifs is 1. The number of hydrogen-bond acceptors (Lipinski definition) is 4. The van der Waals surface area contributed by atoms with Crippen LogP contribution in [0, 0.1) is 0 Å². The van der Waals surface area contributed by atoms with Crippen LogP contribution < -0.4 is 9.46 Å². The fourth-order valence-corrected chi connectivity index (χ4v) is 3.57. The van der Waals surface area contributed by atoms with E-state index in [1.807, 2.05) is 0 Å². The molecule has 1 N–H and O–H groups in total. The fourth-order valence-electron chi connectivity index (χ4n) is 2.24. The van der Waals surface area contributed by atoms with Crippen molar-refractivity contribution in [1.29, 1.82) is 0 Å². The average molecular weight is 315 g/mol. The number of esters is 1. The number of anilines is 1. The molecule has 2 aromatic carbocycles. The van der Waals surface area contributed by atoms with Crippen molar-refractivity contribution >= 4 is 32.7 Å². The molecule has 0 unspecified atom stereocenters. The first kappa shape index (κ1) is 14.3. The quantitative estimate of drug-likeness (QED) is 0.683. The zero-order chi connectivity index (χ0) is 15.7. The molecule has 0 aromatic heterocycles. The van der Waals surface area contributed by atoms with Crippen molar-refractivity contribution in [3.05, 3.63) is 59.7 Å². The second-order valence-electron chi connectivity index (χ2n) is 4.82. The van der Waals surface area contributed by atoms with Gasteiger partial charge in [0.1, 0.15) is 5.75 Å². The Labute approximate surface area is 128 Å². The predicted molar refractivity (Wildman–Crippen MR) is 84.6 cm³/mol. The highest BCUT2D eigenvalue weighted by Gasteiger charge is 2.29. The highest BCUT2D eigenvalue weighted by molar-refractivity contribution is 8.02. The fraction of sp³-hybridized carbons (Fsp3) is 0.0625. The van der Waals surface area contributed by atoms with Gasteiger partial charge in [0, 0.05) is 12.5 Å². The van der Waals surface area contributed by atoms with Crippen LogP contribution in [0.3, 0.4) is 0 Å². The van der Waals surface area contributed by atoms with Crippen LogP contribution in [0.1, 0.15) is 18.1 Å². The molecule has 0 saturated carbocycles. The summed E-state index contributed by atoms with van der Waals surface area (Å²) in [4.78, 5) is 11.1. The maximum Gasteiger partial charge on any atom is 0.308 e. The minimum absolute atomic E-state index is 0.225. The highest BCUT2D eigenvalue weighted by atomic mass is 32.2. The van der Waals surface area contributed by atoms with E-state index >= 15 is 0 Å². The normalized spacial score (nSPS) is 16.9. The van der Waals surface area contributed by atoms with Crippen molar-refractivity contribution in [3.8, 4) is 5.75 Å². The predicted octanol–water partition coefficient (Wildman–Crippen LogP) is 2.87. The molecular formula is C16H13NO4S. The number of carbonyl (C=O) groups excluding carboxylic acids is 1. The van der Waals surface area contributed by atoms with E-state index in [0.29, 0.717) is 22.6 Å². The number of para-hydroxylation sites is 1. The first-order valence-corrected chi connectivity index (χ1v) is 8.06. The van der Waals surface area contributed by atoms with Crippen molar-refractivity contribution in [1.82, 2.24) is 0 Å². The molecule has 22 heavy (non-hydrogen) atoms. The third-order valence-electron chi connectivity index (χ3n) is 3.17. The van der Waals surface area contributed by atoms with Gasteiger partial charge in [-0.25, -0.2) is 8.42 Å². The largest absolute Gasteiger partial charge is 0.427 e. The molecule has 0 bridgehead atoms. The van der Waals surface area contributed by atoms with Gasteiger partial charge in [0.05, 0.1) is 10.6 Å². The van der Waals surface area contributed by atoms with Crippen LogP contribution in [-0.4, -0.2) is 14.4 Å². The highest BCUT2D eigenvalue weighted by Crippen LogP contribution is 2.37. The second-order valence-corrected chi connectivity index (χ2v) is 6.47. The van der Waals surface area contributed by atoms with Gasteiger partial charge in [-0.15, -0.1) is 0 Å². The van der Waals surface area contributed by atoms with Crippen LogP contribution in [0.15, 0.2) is 48.5 Å². The Morgan fingerprint density at radius 3 is 2.45 bits per heavy atom. The third kappa shape index (κ3) is 2.73. The van der Waals surface area contributed by atoms with Crippen molar-refractivity contribution in [2.45, 2.75) is 6.92 Å². The molecule has 112 valence electrons. The molecule has 0 fully saturated rings. The Balaban J connectivity index is 1.99. The smallest absolute Gasteiger partial charge is 0.308 e. The molecule has 0 spiro atoms. The van der Waals surface area contributed by atoms with Crippen LogP contribution >= 0.6 is 0 Å². The molecule has 6 heteroatoms. The van der Waals surface area contributed by atoms with E-state index in [0.717, 1.165) is 0 Å². The summed E-state index contributed by atoms with van der Waals surface area (Å²) in [7, 11) is -3.55. The van der Waals surface area contributed by atoms with Gasteiger partial charge >= 0.3 is 5.97 Å². The summed E-state index contributed by atoms with van der Waals surface area (Å²) >= 11 is 0. The van der Waals surface area contributed by atoms with Crippen molar-refractivity contribution in [2.24, 2.45) is 0 Å². The standard InChI is InChI=1S/C16H13NO4S/c1-11(18)21-13-8-6-12(7-9-13)10-16-14-4-2-3-5-15(14)17-22(16,19)20/h2-10,17H,1H3. The zero-order valence-corrected chi connectivity index (χ0v) is 12.6. The lowest BCUT2D eigenvalue weighted by molar-refractivity contribution is -0.131. The van der Waals surface area contributed by atoms with Gasteiger partial charge in [-0.1, -0.05) is 30.3 Å². The van der Waals surface area contributed by atoms with Crippen LogP contribution in [0.2, 0.25) is 0 Å². The molecular weight excluding hydrogens is 302 g/mol. The summed E-state index contributed by atoms with van der Waals surface area (Å²) in [6.07, 6.45) is 1.59. The summed E-state index contributed by atoms with van der Waals surface area (Å²) < 4.78 is 31.8. The van der Waals surface area contributed by atoms with E-state index in [1.54, 1.807) is 54.6 Å². The molecule has 5 nitrogen and oxygen atoms in total. The summed E-state index contributed by atoms with van der Waals surface area (Å²) in [6, 6.07) is 13.7. The SMILES string of the molecule is CC(=O)Oc1ccc(C=C2c3ccccc3NS2(=O)=O)cc1. The molecule has 1 aliphatic heterocycles. The summed E-state index contributed by atoms with van der Waals surface area (Å²) in [5, 5.41) is 0. The van der Waals surface area contributed by atoms with Crippen LogP contribution in [0.4, 0.5) is 5.69 Å². The van der Waals surface area contributed by atoms with E-state index in [2.05, 4.69) is 4.72 Å². The molecule has 0 amide bonds. The lowest BCUT2D eigenvalue weighted by Gasteiger charge is -2.02. The summed E-state index contributed by atoms with van der Waals surface area (Å²) in [5.41, 5.74) is 1.92. The number of ether oxygens (including phenoxy) is 1. The van der Waals surface area contributed by atoms with E-state index in [1.165, 1.54) is 6.92 Å². The van der Waals surface area contributed by atoms with E-state index in [9.17, 15) is 13.2 Å². The Morgan fingerprint density at radius 1 is 1.09 bits per heavy atom. The maximum atomic E-state index is 12.2. The number of nitrogens with one attached hydrogen (secondary N) is 1.